The van der Waals surface area contributed by atoms with Crippen LogP contribution in [0.15, 0.2) is 135 Å². The Labute approximate surface area is 267 Å². The van der Waals surface area contributed by atoms with Crippen molar-refractivity contribution in [1.82, 2.24) is 4.57 Å². The van der Waals surface area contributed by atoms with Crippen molar-refractivity contribution in [3.8, 4) is 5.75 Å². The average Bonchev–Trinajstić information content (AvgIpc) is 3.38. The van der Waals surface area contributed by atoms with E-state index in [0.717, 1.165) is 61.0 Å². The standard InChI is InChI=1S/C38H27BrN2O2S/c39-28-18-14-27(15-19-28)36-31-20-16-26-11-5-7-13-30(26)35(31)40-38-41(36)37(42)34(44-38)22-32-29-12-6-4-10-25(29)17-21-33(32)43-23-24-8-2-1-3-9-24/h1-15,17-19,21-22,36H,16,20,23H2/b34-22-/t36-/m0/s1. The molecule has 5 aromatic carbocycles. The molecule has 1 aliphatic heterocycles. The van der Waals surface area contributed by atoms with Gasteiger partial charge in [-0.15, -0.1) is 0 Å². The van der Waals surface area contributed by atoms with Crippen molar-refractivity contribution in [1.29, 1.82) is 0 Å². The fourth-order valence-electron chi connectivity index (χ4n) is 6.38. The Morgan fingerprint density at radius 3 is 2.50 bits per heavy atom. The first kappa shape index (κ1) is 27.1. The summed E-state index contributed by atoms with van der Waals surface area (Å²) in [5, 5.41) is 2.14. The van der Waals surface area contributed by atoms with Gasteiger partial charge in [0.15, 0.2) is 4.80 Å². The molecule has 0 spiro atoms. The normalized spacial score (nSPS) is 15.8. The van der Waals surface area contributed by atoms with Crippen LogP contribution in [0.25, 0.3) is 22.5 Å². The van der Waals surface area contributed by atoms with Crippen molar-refractivity contribution in [3.05, 3.63) is 173 Å². The molecular formula is C38H27BrN2O2S. The Morgan fingerprint density at radius 1 is 0.864 bits per heavy atom. The van der Waals surface area contributed by atoms with Gasteiger partial charge in [0.25, 0.3) is 5.56 Å². The highest BCUT2D eigenvalue weighted by atomic mass is 79.9. The number of benzene rings is 5. The van der Waals surface area contributed by atoms with Gasteiger partial charge >= 0.3 is 0 Å². The molecule has 0 amide bonds. The van der Waals surface area contributed by atoms with E-state index in [1.54, 1.807) is 0 Å². The molecule has 8 rings (SSSR count). The number of fused-ring (bicyclic) bond motifs is 4. The monoisotopic (exact) mass is 654 g/mol. The maximum atomic E-state index is 14.4. The molecule has 1 aliphatic carbocycles. The molecule has 44 heavy (non-hydrogen) atoms. The summed E-state index contributed by atoms with van der Waals surface area (Å²) in [6.45, 7) is 0.441. The molecule has 2 heterocycles. The van der Waals surface area contributed by atoms with E-state index < -0.39 is 0 Å². The highest BCUT2D eigenvalue weighted by Gasteiger charge is 2.32. The minimum absolute atomic E-state index is 0.0333. The van der Waals surface area contributed by atoms with Gasteiger partial charge in [-0.2, -0.15) is 0 Å². The maximum absolute atomic E-state index is 14.4. The van der Waals surface area contributed by atoms with E-state index >= 15 is 0 Å². The first-order valence-corrected chi connectivity index (χ1v) is 16.3. The molecule has 6 aromatic rings. The minimum atomic E-state index is -0.217. The van der Waals surface area contributed by atoms with Crippen LogP contribution >= 0.6 is 27.3 Å². The van der Waals surface area contributed by atoms with Crippen LogP contribution in [0.4, 0.5) is 0 Å². The van der Waals surface area contributed by atoms with Gasteiger partial charge in [-0.1, -0.05) is 124 Å². The zero-order valence-corrected chi connectivity index (χ0v) is 26.1. The molecule has 0 saturated heterocycles. The van der Waals surface area contributed by atoms with E-state index in [4.69, 9.17) is 9.73 Å². The van der Waals surface area contributed by atoms with Crippen molar-refractivity contribution in [2.24, 2.45) is 4.99 Å². The summed E-state index contributed by atoms with van der Waals surface area (Å²) in [5.41, 5.74) is 7.71. The Kier molecular flexibility index (Phi) is 6.89. The van der Waals surface area contributed by atoms with E-state index in [2.05, 4.69) is 94.8 Å². The molecule has 0 unspecified atom stereocenters. The van der Waals surface area contributed by atoms with Gasteiger partial charge in [0.2, 0.25) is 0 Å². The zero-order chi connectivity index (χ0) is 29.6. The van der Waals surface area contributed by atoms with Gasteiger partial charge in [0, 0.05) is 15.6 Å². The number of allylic oxidation sites excluding steroid dienone is 1. The average molecular weight is 656 g/mol. The number of hydrogen-bond donors (Lipinski definition) is 0. The number of hydrogen-bond acceptors (Lipinski definition) is 4. The van der Waals surface area contributed by atoms with Gasteiger partial charge in [-0.05, 0) is 70.2 Å². The molecule has 0 radical (unpaired) electrons. The summed E-state index contributed by atoms with van der Waals surface area (Å²) in [6.07, 6.45) is 3.79. The lowest BCUT2D eigenvalue weighted by atomic mass is 9.83. The van der Waals surface area contributed by atoms with E-state index in [0.29, 0.717) is 11.1 Å². The molecular weight excluding hydrogens is 628 g/mol. The van der Waals surface area contributed by atoms with E-state index in [1.165, 1.54) is 28.0 Å². The minimum Gasteiger partial charge on any atom is -0.488 e. The number of rotatable bonds is 5. The number of nitrogens with zero attached hydrogens (tertiary/aromatic N) is 2. The summed E-state index contributed by atoms with van der Waals surface area (Å²) in [6, 6.07) is 39.1. The fraction of sp³-hybridized carbons (Fsp3) is 0.105. The van der Waals surface area contributed by atoms with Gasteiger partial charge in [0.1, 0.15) is 12.4 Å². The van der Waals surface area contributed by atoms with Gasteiger partial charge in [-0.25, -0.2) is 4.99 Å². The van der Waals surface area contributed by atoms with Crippen molar-refractivity contribution in [3.63, 3.8) is 0 Å². The number of ether oxygens (including phenoxy) is 1. The Balaban J connectivity index is 1.33. The first-order valence-electron chi connectivity index (χ1n) is 14.7. The van der Waals surface area contributed by atoms with Crippen LogP contribution in [0.1, 0.15) is 40.3 Å². The predicted octanol–water partition coefficient (Wildman–Crippen LogP) is 7.81. The quantitative estimate of drug-likeness (QED) is 0.190. The van der Waals surface area contributed by atoms with Crippen LogP contribution in [0, 0.1) is 0 Å². The summed E-state index contributed by atoms with van der Waals surface area (Å²) >= 11 is 5.04. The van der Waals surface area contributed by atoms with E-state index in [-0.39, 0.29) is 11.6 Å². The third kappa shape index (κ3) is 4.75. The summed E-state index contributed by atoms with van der Waals surface area (Å²) in [5.74, 6) is 0.746. The number of thiazole rings is 1. The lowest BCUT2D eigenvalue weighted by Crippen LogP contribution is -2.38. The number of halogens is 1. The third-order valence-electron chi connectivity index (χ3n) is 8.50. The first-order chi connectivity index (χ1) is 21.6. The molecule has 1 atom stereocenters. The SMILES string of the molecule is O=c1/c(=C/c2c(OCc3ccccc3)ccc3ccccc23)sc2n1[C@@H](c1ccc(Br)cc1)C1=C(N=2)c2ccccc2CC1. The molecule has 214 valence electrons. The van der Waals surface area contributed by atoms with Crippen molar-refractivity contribution in [2.45, 2.75) is 25.5 Å². The fourth-order valence-corrected chi connectivity index (χ4v) is 7.63. The number of aryl methyl sites for hydroxylation is 1. The summed E-state index contributed by atoms with van der Waals surface area (Å²) in [4.78, 5) is 20.3. The molecule has 6 heteroatoms. The second kappa shape index (κ2) is 11.2. The van der Waals surface area contributed by atoms with Gasteiger partial charge < -0.3 is 4.74 Å². The molecule has 0 saturated carbocycles. The molecule has 4 nitrogen and oxygen atoms in total. The van der Waals surface area contributed by atoms with Crippen LogP contribution < -0.4 is 19.6 Å². The predicted molar refractivity (Wildman–Crippen MR) is 182 cm³/mol. The van der Waals surface area contributed by atoms with E-state index in [1.807, 2.05) is 47.0 Å². The van der Waals surface area contributed by atoms with Crippen LogP contribution in [-0.4, -0.2) is 4.57 Å². The second-order valence-corrected chi connectivity index (χ2v) is 13.1. The highest BCUT2D eigenvalue weighted by Crippen LogP contribution is 2.41. The smallest absolute Gasteiger partial charge is 0.271 e. The topological polar surface area (TPSA) is 43.6 Å². The second-order valence-electron chi connectivity index (χ2n) is 11.1. The Hall–Kier alpha value is -4.52. The summed E-state index contributed by atoms with van der Waals surface area (Å²) in [7, 11) is 0. The molecule has 0 bridgehead atoms. The van der Waals surface area contributed by atoms with Gasteiger partial charge in [0.05, 0.1) is 16.3 Å². The maximum Gasteiger partial charge on any atom is 0.271 e. The van der Waals surface area contributed by atoms with Crippen molar-refractivity contribution < 1.29 is 4.74 Å². The largest absolute Gasteiger partial charge is 0.488 e. The van der Waals surface area contributed by atoms with Crippen molar-refractivity contribution in [2.75, 3.05) is 0 Å². The third-order valence-corrected chi connectivity index (χ3v) is 10.0. The van der Waals surface area contributed by atoms with Crippen LogP contribution in [0.3, 0.4) is 0 Å². The van der Waals surface area contributed by atoms with Crippen LogP contribution in [0.2, 0.25) is 0 Å². The molecule has 1 aromatic heterocycles. The van der Waals surface area contributed by atoms with E-state index in [9.17, 15) is 4.79 Å². The lowest BCUT2D eigenvalue weighted by molar-refractivity contribution is 0.306. The Bertz CT molecular complexity index is 2270. The van der Waals surface area contributed by atoms with Gasteiger partial charge in [-0.3, -0.25) is 9.36 Å². The van der Waals surface area contributed by atoms with Crippen LogP contribution in [0.5, 0.6) is 5.75 Å². The summed E-state index contributed by atoms with van der Waals surface area (Å²) < 4.78 is 9.95. The Morgan fingerprint density at radius 2 is 1.64 bits per heavy atom. The highest BCUT2D eigenvalue weighted by molar-refractivity contribution is 9.10. The molecule has 0 fully saturated rings. The van der Waals surface area contributed by atoms with Crippen molar-refractivity contribution >= 4 is 49.8 Å². The molecule has 2 aliphatic rings. The lowest BCUT2D eigenvalue weighted by Gasteiger charge is -2.30. The van der Waals surface area contributed by atoms with Crippen LogP contribution in [-0.2, 0) is 13.0 Å². The number of aromatic nitrogens is 1. The molecule has 0 N–H and O–H groups in total. The zero-order valence-electron chi connectivity index (χ0n) is 23.7.